The standard InChI is InChI=1S/C11H14N2O4S2/c1-11(2)9(10(14)15)13(7-18-11)19(16,17)8-4-3-5-12-6-8/h3-6,9H,7H2,1-2H3,(H,14,15)/t9-/m1/s1. The molecule has 2 heterocycles. The van der Waals surface area contributed by atoms with Crippen LogP contribution in [0, 0.1) is 0 Å². The van der Waals surface area contributed by atoms with Gasteiger partial charge in [-0.1, -0.05) is 0 Å². The summed E-state index contributed by atoms with van der Waals surface area (Å²) in [6.45, 7) is 3.46. The van der Waals surface area contributed by atoms with Gasteiger partial charge in [-0.05, 0) is 26.0 Å². The summed E-state index contributed by atoms with van der Waals surface area (Å²) in [7, 11) is -3.83. The van der Waals surface area contributed by atoms with Gasteiger partial charge in [0, 0.05) is 17.1 Å². The molecule has 1 aliphatic heterocycles. The van der Waals surface area contributed by atoms with Gasteiger partial charge in [-0.25, -0.2) is 8.42 Å². The summed E-state index contributed by atoms with van der Waals surface area (Å²) in [6, 6.07) is 1.84. The van der Waals surface area contributed by atoms with Gasteiger partial charge in [-0.2, -0.15) is 4.31 Å². The lowest BCUT2D eigenvalue weighted by molar-refractivity contribution is -0.141. The number of carboxylic acid groups (broad SMARTS) is 1. The molecule has 6 nitrogen and oxygen atoms in total. The zero-order valence-electron chi connectivity index (χ0n) is 10.5. The van der Waals surface area contributed by atoms with Crippen molar-refractivity contribution in [1.82, 2.24) is 9.29 Å². The highest BCUT2D eigenvalue weighted by Gasteiger charge is 2.51. The molecular formula is C11H14N2O4S2. The minimum Gasteiger partial charge on any atom is -0.480 e. The fraction of sp³-hybridized carbons (Fsp3) is 0.455. The summed E-state index contributed by atoms with van der Waals surface area (Å²) >= 11 is 1.31. The molecule has 1 aromatic heterocycles. The van der Waals surface area contributed by atoms with Crippen LogP contribution in [-0.4, -0.2) is 45.4 Å². The Hall–Kier alpha value is -1.12. The van der Waals surface area contributed by atoms with E-state index in [9.17, 15) is 18.3 Å². The van der Waals surface area contributed by atoms with Crippen molar-refractivity contribution in [1.29, 1.82) is 0 Å². The average molecular weight is 302 g/mol. The highest BCUT2D eigenvalue weighted by molar-refractivity contribution is 8.02. The number of hydrogen-bond donors (Lipinski definition) is 1. The maximum Gasteiger partial charge on any atom is 0.323 e. The third-order valence-corrected chi connectivity index (χ3v) is 6.32. The molecule has 0 aromatic carbocycles. The summed E-state index contributed by atoms with van der Waals surface area (Å²) in [5, 5.41) is 9.29. The summed E-state index contributed by atoms with van der Waals surface area (Å²) in [6.07, 6.45) is 2.70. The van der Waals surface area contributed by atoms with Gasteiger partial charge in [0.1, 0.15) is 10.9 Å². The number of nitrogens with zero attached hydrogens (tertiary/aromatic N) is 2. The average Bonchev–Trinajstić information content (AvgIpc) is 2.66. The topological polar surface area (TPSA) is 87.6 Å². The molecule has 0 bridgehead atoms. The van der Waals surface area contributed by atoms with Gasteiger partial charge in [0.05, 0.1) is 5.88 Å². The van der Waals surface area contributed by atoms with Crippen LogP contribution in [0.25, 0.3) is 0 Å². The molecule has 104 valence electrons. The minimum absolute atomic E-state index is 0.0135. The third-order valence-electron chi connectivity index (χ3n) is 2.99. The third kappa shape index (κ3) is 2.47. The smallest absolute Gasteiger partial charge is 0.323 e. The first-order valence-corrected chi connectivity index (χ1v) is 7.98. The van der Waals surface area contributed by atoms with Crippen molar-refractivity contribution in [2.45, 2.75) is 29.5 Å². The second kappa shape index (κ2) is 4.77. The molecule has 8 heteroatoms. The number of pyridine rings is 1. The van der Waals surface area contributed by atoms with Gasteiger partial charge in [-0.15, -0.1) is 11.8 Å². The van der Waals surface area contributed by atoms with E-state index in [2.05, 4.69) is 4.98 Å². The fourth-order valence-corrected chi connectivity index (χ4v) is 5.12. The maximum atomic E-state index is 12.4. The number of rotatable bonds is 3. The van der Waals surface area contributed by atoms with Crippen LogP contribution < -0.4 is 0 Å². The van der Waals surface area contributed by atoms with Crippen molar-refractivity contribution < 1.29 is 18.3 Å². The van der Waals surface area contributed by atoms with Crippen LogP contribution in [0.2, 0.25) is 0 Å². The van der Waals surface area contributed by atoms with Crippen molar-refractivity contribution in [3.63, 3.8) is 0 Å². The number of sulfonamides is 1. The Bertz CT molecular complexity index is 586. The van der Waals surface area contributed by atoms with Gasteiger partial charge >= 0.3 is 5.97 Å². The Kier molecular flexibility index (Phi) is 3.59. The van der Waals surface area contributed by atoms with Crippen LogP contribution in [0.4, 0.5) is 0 Å². The molecule has 1 fully saturated rings. The molecule has 0 aliphatic carbocycles. The summed E-state index contributed by atoms with van der Waals surface area (Å²) in [4.78, 5) is 15.2. The lowest BCUT2D eigenvalue weighted by atomic mass is 10.0. The summed E-state index contributed by atoms with van der Waals surface area (Å²) in [5.41, 5.74) is 0. The normalized spacial score (nSPS) is 23.4. The maximum absolute atomic E-state index is 12.4. The molecular weight excluding hydrogens is 288 g/mol. The first-order chi connectivity index (χ1) is 8.77. The largest absolute Gasteiger partial charge is 0.480 e. The van der Waals surface area contributed by atoms with Crippen LogP contribution in [0.5, 0.6) is 0 Å². The van der Waals surface area contributed by atoms with E-state index in [0.717, 1.165) is 4.31 Å². The Balaban J connectivity index is 2.45. The van der Waals surface area contributed by atoms with E-state index >= 15 is 0 Å². The Morgan fingerprint density at radius 1 is 1.58 bits per heavy atom. The predicted octanol–water partition coefficient (Wildman–Crippen LogP) is 1.01. The molecule has 1 aliphatic rings. The quantitative estimate of drug-likeness (QED) is 0.896. The molecule has 0 radical (unpaired) electrons. The highest BCUT2D eigenvalue weighted by Crippen LogP contribution is 2.41. The Labute approximate surface area is 115 Å². The van der Waals surface area contributed by atoms with Gasteiger partial charge in [0.2, 0.25) is 10.0 Å². The van der Waals surface area contributed by atoms with Crippen molar-refractivity contribution in [2.24, 2.45) is 0 Å². The first kappa shape index (κ1) is 14.3. The molecule has 1 aromatic rings. The van der Waals surface area contributed by atoms with E-state index in [4.69, 9.17) is 0 Å². The summed E-state index contributed by atoms with van der Waals surface area (Å²) in [5.74, 6) is -1.01. The molecule has 1 saturated heterocycles. The molecule has 0 spiro atoms. The van der Waals surface area contributed by atoms with E-state index in [0.29, 0.717) is 0 Å². The van der Waals surface area contributed by atoms with Crippen LogP contribution in [0.3, 0.4) is 0 Å². The van der Waals surface area contributed by atoms with Gasteiger partial charge in [0.15, 0.2) is 0 Å². The van der Waals surface area contributed by atoms with E-state index < -0.39 is 26.8 Å². The Morgan fingerprint density at radius 3 is 2.79 bits per heavy atom. The van der Waals surface area contributed by atoms with E-state index in [-0.39, 0.29) is 10.8 Å². The van der Waals surface area contributed by atoms with Crippen LogP contribution in [-0.2, 0) is 14.8 Å². The molecule has 0 amide bonds. The number of carboxylic acids is 1. The molecule has 0 saturated carbocycles. The SMILES string of the molecule is CC1(C)SCN(S(=O)(=O)c2cccnc2)[C@@H]1C(=O)O. The zero-order valence-corrected chi connectivity index (χ0v) is 12.1. The summed E-state index contributed by atoms with van der Waals surface area (Å²) < 4.78 is 25.3. The van der Waals surface area contributed by atoms with Crippen molar-refractivity contribution in [3.05, 3.63) is 24.5 Å². The monoisotopic (exact) mass is 302 g/mol. The fourth-order valence-electron chi connectivity index (χ4n) is 1.99. The Morgan fingerprint density at radius 2 is 2.26 bits per heavy atom. The molecule has 2 rings (SSSR count). The second-order valence-corrected chi connectivity index (χ2v) is 8.19. The number of aromatic nitrogens is 1. The first-order valence-electron chi connectivity index (χ1n) is 5.55. The highest BCUT2D eigenvalue weighted by atomic mass is 32.2. The van der Waals surface area contributed by atoms with E-state index in [1.807, 2.05) is 0 Å². The number of thioether (sulfide) groups is 1. The molecule has 1 atom stereocenters. The molecule has 0 unspecified atom stereocenters. The lowest BCUT2D eigenvalue weighted by Crippen LogP contribution is -2.48. The van der Waals surface area contributed by atoms with Crippen LogP contribution in [0.15, 0.2) is 29.4 Å². The lowest BCUT2D eigenvalue weighted by Gasteiger charge is -2.27. The van der Waals surface area contributed by atoms with Gasteiger partial charge in [-0.3, -0.25) is 9.78 Å². The van der Waals surface area contributed by atoms with E-state index in [1.54, 1.807) is 13.8 Å². The predicted molar refractivity (Wildman–Crippen MR) is 71.2 cm³/mol. The van der Waals surface area contributed by atoms with Crippen molar-refractivity contribution in [3.8, 4) is 0 Å². The van der Waals surface area contributed by atoms with Crippen LogP contribution >= 0.6 is 11.8 Å². The molecule has 19 heavy (non-hydrogen) atoms. The number of carbonyl (C=O) groups is 1. The number of aliphatic carboxylic acids is 1. The zero-order chi connectivity index (χ0) is 14.3. The minimum atomic E-state index is -3.83. The van der Waals surface area contributed by atoms with Crippen molar-refractivity contribution in [2.75, 3.05) is 5.88 Å². The second-order valence-electron chi connectivity index (χ2n) is 4.70. The van der Waals surface area contributed by atoms with Crippen LogP contribution in [0.1, 0.15) is 13.8 Å². The van der Waals surface area contributed by atoms with Crippen molar-refractivity contribution >= 4 is 27.8 Å². The van der Waals surface area contributed by atoms with E-state index in [1.165, 1.54) is 36.3 Å². The molecule has 1 N–H and O–H groups in total. The number of hydrogen-bond acceptors (Lipinski definition) is 5. The van der Waals surface area contributed by atoms with Gasteiger partial charge < -0.3 is 5.11 Å². The van der Waals surface area contributed by atoms with Gasteiger partial charge in [0.25, 0.3) is 0 Å².